The van der Waals surface area contributed by atoms with E-state index in [0.717, 1.165) is 36.9 Å². The molecule has 2 aromatic rings. The number of fused-ring (bicyclic) bond motifs is 1. The van der Waals surface area contributed by atoms with Gasteiger partial charge < -0.3 is 29.4 Å². The van der Waals surface area contributed by atoms with E-state index in [0.29, 0.717) is 31.4 Å². The maximum Gasteiger partial charge on any atom is 0.475 e. The summed E-state index contributed by atoms with van der Waals surface area (Å²) in [5, 5.41) is 33.0. The van der Waals surface area contributed by atoms with Crippen LogP contribution in [0.3, 0.4) is 0 Å². The second-order valence-corrected chi connectivity index (χ2v) is 12.9. The van der Waals surface area contributed by atoms with E-state index in [2.05, 4.69) is 44.0 Å². The number of piperidine rings is 1. The standard InChI is InChI=1S/C30H43BN4O6/c1-29(2)13-15-35(20-29)30(3,4)12-11-21(17-32)27(36)34-14-7-8-23(18-34)41-28(37)33-26(31(38)39)16-22-19-40-25-10-6-5-9-24(22)25/h5-6,9-10,19,21,23,26,38-39H,7-8,11-16,18,20H2,1-4H3,(H,33,37)/t21?,23-,26-/m0/s1. The van der Waals surface area contributed by atoms with Crippen LogP contribution in [0.5, 0.6) is 0 Å². The van der Waals surface area contributed by atoms with Crippen LogP contribution in [0.2, 0.25) is 0 Å². The van der Waals surface area contributed by atoms with Crippen LogP contribution in [0.1, 0.15) is 65.4 Å². The van der Waals surface area contributed by atoms with Gasteiger partial charge in [-0.25, -0.2) is 4.79 Å². The van der Waals surface area contributed by atoms with E-state index in [4.69, 9.17) is 9.15 Å². The Morgan fingerprint density at radius 1 is 1.29 bits per heavy atom. The summed E-state index contributed by atoms with van der Waals surface area (Å²) in [5.74, 6) is -2.00. The third-order valence-corrected chi connectivity index (χ3v) is 8.66. The number of nitrogens with one attached hydrogen (secondary N) is 1. The number of nitrogens with zero attached hydrogens (tertiary/aromatic N) is 3. The van der Waals surface area contributed by atoms with Crippen molar-refractivity contribution in [3.8, 4) is 6.07 Å². The molecule has 11 heteroatoms. The summed E-state index contributed by atoms with van der Waals surface area (Å²) in [7, 11) is -1.81. The molecule has 3 N–H and O–H groups in total. The van der Waals surface area contributed by atoms with Crippen molar-refractivity contribution in [2.45, 2.75) is 83.8 Å². The second kappa shape index (κ2) is 12.8. The number of amides is 2. The zero-order chi connectivity index (χ0) is 29.8. The highest BCUT2D eigenvalue weighted by Gasteiger charge is 2.39. The van der Waals surface area contributed by atoms with E-state index in [1.165, 1.54) is 6.26 Å². The third-order valence-electron chi connectivity index (χ3n) is 8.66. The largest absolute Gasteiger partial charge is 0.475 e. The fourth-order valence-corrected chi connectivity index (χ4v) is 5.98. The first-order valence-corrected chi connectivity index (χ1v) is 14.6. The minimum atomic E-state index is -1.81. The molecule has 3 heterocycles. The first kappa shape index (κ1) is 30.9. The average Bonchev–Trinajstić information content (AvgIpc) is 3.51. The van der Waals surface area contributed by atoms with E-state index in [1.807, 2.05) is 24.3 Å². The molecule has 3 atom stereocenters. The van der Waals surface area contributed by atoms with E-state index in [1.54, 1.807) is 4.90 Å². The topological polar surface area (TPSA) is 139 Å². The molecule has 1 aromatic heterocycles. The smallest absolute Gasteiger partial charge is 0.464 e. The van der Waals surface area contributed by atoms with Crippen LogP contribution in [-0.4, -0.2) is 82.7 Å². The lowest BCUT2D eigenvalue weighted by Crippen LogP contribution is -2.51. The number of ether oxygens (including phenoxy) is 1. The molecule has 2 aliphatic rings. The summed E-state index contributed by atoms with van der Waals surface area (Å²) >= 11 is 0. The van der Waals surface area contributed by atoms with Gasteiger partial charge in [-0.3, -0.25) is 9.69 Å². The molecule has 2 fully saturated rings. The minimum absolute atomic E-state index is 0.106. The Hall–Kier alpha value is -3.07. The average molecular weight is 567 g/mol. The molecule has 1 unspecified atom stereocenters. The molecule has 0 bridgehead atoms. The zero-order valence-corrected chi connectivity index (χ0v) is 24.6. The van der Waals surface area contributed by atoms with Gasteiger partial charge in [-0.1, -0.05) is 32.0 Å². The number of likely N-dealkylation sites (tertiary alicyclic amines) is 2. The lowest BCUT2D eigenvalue weighted by atomic mass is 9.76. The van der Waals surface area contributed by atoms with E-state index in [9.17, 15) is 24.9 Å². The molecule has 1 aromatic carbocycles. The van der Waals surface area contributed by atoms with Crippen LogP contribution < -0.4 is 5.32 Å². The van der Waals surface area contributed by atoms with Gasteiger partial charge in [0.25, 0.3) is 0 Å². The Morgan fingerprint density at radius 3 is 2.73 bits per heavy atom. The number of hydrogen-bond donors (Lipinski definition) is 3. The number of carbonyl (C=O) groups excluding carboxylic acids is 2. The number of hydrogen-bond acceptors (Lipinski definition) is 8. The van der Waals surface area contributed by atoms with Crippen molar-refractivity contribution in [3.63, 3.8) is 0 Å². The normalized spacial score (nSPS) is 20.8. The van der Waals surface area contributed by atoms with Gasteiger partial charge in [0.15, 0.2) is 0 Å². The molecule has 0 radical (unpaired) electrons. The van der Waals surface area contributed by atoms with Crippen molar-refractivity contribution < 1.29 is 28.8 Å². The van der Waals surface area contributed by atoms with E-state index >= 15 is 0 Å². The predicted octanol–water partition coefficient (Wildman–Crippen LogP) is 3.50. The maximum absolute atomic E-state index is 13.3. The van der Waals surface area contributed by atoms with Crippen LogP contribution >= 0.6 is 0 Å². The Kier molecular flexibility index (Phi) is 9.68. The van der Waals surface area contributed by atoms with Gasteiger partial charge in [0.2, 0.25) is 5.91 Å². The quantitative estimate of drug-likeness (QED) is 0.372. The van der Waals surface area contributed by atoms with Crippen molar-refractivity contribution in [2.24, 2.45) is 11.3 Å². The summed E-state index contributed by atoms with van der Waals surface area (Å²) in [6.45, 7) is 11.6. The first-order chi connectivity index (χ1) is 19.4. The van der Waals surface area contributed by atoms with Crippen molar-refractivity contribution in [3.05, 3.63) is 36.1 Å². The number of benzene rings is 1. The molecule has 0 saturated carbocycles. The van der Waals surface area contributed by atoms with Gasteiger partial charge in [0.05, 0.1) is 24.8 Å². The molecule has 222 valence electrons. The fourth-order valence-electron chi connectivity index (χ4n) is 5.98. The lowest BCUT2D eigenvalue weighted by Gasteiger charge is -2.38. The number of alkyl carbamates (subject to hydrolysis) is 1. The summed E-state index contributed by atoms with van der Waals surface area (Å²) in [6.07, 6.45) is 3.89. The molecule has 2 aliphatic heterocycles. The number of para-hydroxylation sites is 1. The maximum atomic E-state index is 13.3. The third kappa shape index (κ3) is 7.82. The van der Waals surface area contributed by atoms with Crippen LogP contribution in [-0.2, 0) is 16.0 Å². The zero-order valence-electron chi connectivity index (χ0n) is 24.6. The summed E-state index contributed by atoms with van der Waals surface area (Å²) in [4.78, 5) is 30.1. The van der Waals surface area contributed by atoms with Crippen molar-refractivity contribution in [2.75, 3.05) is 26.2 Å². The number of furan rings is 1. The number of nitriles is 1. The van der Waals surface area contributed by atoms with Crippen LogP contribution in [0.15, 0.2) is 34.9 Å². The van der Waals surface area contributed by atoms with Gasteiger partial charge in [-0.05, 0) is 76.0 Å². The lowest BCUT2D eigenvalue weighted by molar-refractivity contribution is -0.137. The highest BCUT2D eigenvalue weighted by molar-refractivity contribution is 6.43. The molecule has 0 spiro atoms. The molecular formula is C30H43BN4O6. The van der Waals surface area contributed by atoms with Gasteiger partial charge in [0.1, 0.15) is 17.6 Å². The van der Waals surface area contributed by atoms with Crippen LogP contribution in [0, 0.1) is 22.7 Å². The van der Waals surface area contributed by atoms with Crippen LogP contribution in [0.25, 0.3) is 11.0 Å². The molecule has 41 heavy (non-hydrogen) atoms. The molecular weight excluding hydrogens is 523 g/mol. The number of rotatable bonds is 10. The Labute approximate surface area is 242 Å². The SMILES string of the molecule is CC1(C)CCN(C(C)(C)CCC(C#N)C(=O)N2CCC[C@H](OC(=O)N[C@@H](Cc3coc4ccccc34)B(O)O)C2)C1. The van der Waals surface area contributed by atoms with Crippen molar-refractivity contribution >= 4 is 30.1 Å². The minimum Gasteiger partial charge on any atom is -0.464 e. The van der Waals surface area contributed by atoms with Crippen molar-refractivity contribution in [1.82, 2.24) is 15.1 Å². The highest BCUT2D eigenvalue weighted by Crippen LogP contribution is 2.36. The van der Waals surface area contributed by atoms with Gasteiger partial charge in [-0.15, -0.1) is 0 Å². The van der Waals surface area contributed by atoms with Gasteiger partial charge >= 0.3 is 13.2 Å². The summed E-state index contributed by atoms with van der Waals surface area (Å²) in [6, 6.07) is 9.59. The second-order valence-electron chi connectivity index (χ2n) is 12.9. The molecule has 0 aliphatic carbocycles. The molecule has 2 amide bonds. The van der Waals surface area contributed by atoms with E-state index < -0.39 is 31.2 Å². The Bertz CT molecular complexity index is 1260. The molecule has 10 nitrogen and oxygen atoms in total. The Balaban J connectivity index is 1.29. The first-order valence-electron chi connectivity index (χ1n) is 14.6. The fraction of sp³-hybridized carbons (Fsp3) is 0.633. The summed E-state index contributed by atoms with van der Waals surface area (Å²) < 4.78 is 11.1. The van der Waals surface area contributed by atoms with Gasteiger partial charge in [-0.2, -0.15) is 5.26 Å². The number of carbonyl (C=O) groups is 2. The molecule has 2 saturated heterocycles. The Morgan fingerprint density at radius 2 is 2.05 bits per heavy atom. The van der Waals surface area contributed by atoms with Crippen LogP contribution in [0.4, 0.5) is 4.79 Å². The highest BCUT2D eigenvalue weighted by atomic mass is 16.6. The molecule has 4 rings (SSSR count). The van der Waals surface area contributed by atoms with E-state index in [-0.39, 0.29) is 29.8 Å². The predicted molar refractivity (Wildman–Crippen MR) is 156 cm³/mol. The van der Waals surface area contributed by atoms with Crippen molar-refractivity contribution in [1.29, 1.82) is 5.26 Å². The van der Waals surface area contributed by atoms with Gasteiger partial charge in [0, 0.05) is 24.0 Å². The monoisotopic (exact) mass is 566 g/mol. The summed E-state index contributed by atoms with van der Waals surface area (Å²) in [5.41, 5.74) is 1.57.